The summed E-state index contributed by atoms with van der Waals surface area (Å²) in [6.07, 6.45) is 0. The van der Waals surface area contributed by atoms with Gasteiger partial charge >= 0.3 is 5.97 Å². The molecular formula is C18H20N2O2. The summed E-state index contributed by atoms with van der Waals surface area (Å²) in [7, 11) is 0. The van der Waals surface area contributed by atoms with Crippen LogP contribution in [0.1, 0.15) is 36.8 Å². The van der Waals surface area contributed by atoms with E-state index in [0.29, 0.717) is 17.9 Å². The number of esters is 1. The topological polar surface area (TPSA) is 44.1 Å². The Morgan fingerprint density at radius 3 is 2.68 bits per heavy atom. The van der Waals surface area contributed by atoms with Crippen LogP contribution in [0.15, 0.2) is 36.9 Å². The van der Waals surface area contributed by atoms with Crippen molar-refractivity contribution in [2.24, 2.45) is 5.41 Å². The van der Waals surface area contributed by atoms with Gasteiger partial charge in [-0.2, -0.15) is 5.10 Å². The van der Waals surface area contributed by atoms with E-state index in [0.717, 1.165) is 23.4 Å². The Hall–Kier alpha value is -2.36. The predicted molar refractivity (Wildman–Crippen MR) is 86.4 cm³/mol. The van der Waals surface area contributed by atoms with Gasteiger partial charge in [0.05, 0.1) is 18.8 Å². The molecule has 0 aliphatic carbocycles. The Bertz CT molecular complexity index is 742. The van der Waals surface area contributed by atoms with Gasteiger partial charge in [-0.1, -0.05) is 50.8 Å². The minimum atomic E-state index is -0.332. The first kappa shape index (κ1) is 14.6. The SMILES string of the molecule is C=C1c2c(C(=O)OCC)c(-c3ccccc3)nn2CC1(C)C. The van der Waals surface area contributed by atoms with E-state index in [2.05, 4.69) is 25.5 Å². The maximum absolute atomic E-state index is 12.5. The average molecular weight is 296 g/mol. The molecule has 2 aromatic rings. The van der Waals surface area contributed by atoms with Crippen LogP contribution in [-0.2, 0) is 11.3 Å². The minimum absolute atomic E-state index is 0.0984. The fourth-order valence-electron chi connectivity index (χ4n) is 2.87. The van der Waals surface area contributed by atoms with Gasteiger partial charge in [-0.05, 0) is 12.5 Å². The van der Waals surface area contributed by atoms with Crippen molar-refractivity contribution < 1.29 is 9.53 Å². The van der Waals surface area contributed by atoms with E-state index in [4.69, 9.17) is 4.74 Å². The van der Waals surface area contributed by atoms with Gasteiger partial charge in [0.1, 0.15) is 11.3 Å². The highest BCUT2D eigenvalue weighted by Gasteiger charge is 2.39. The minimum Gasteiger partial charge on any atom is -0.462 e. The molecule has 2 heterocycles. The van der Waals surface area contributed by atoms with Gasteiger partial charge in [0.15, 0.2) is 0 Å². The number of aromatic nitrogens is 2. The molecule has 0 fully saturated rings. The molecule has 0 atom stereocenters. The Balaban J connectivity index is 2.20. The molecule has 0 N–H and O–H groups in total. The molecule has 3 rings (SSSR count). The molecule has 4 nitrogen and oxygen atoms in total. The number of allylic oxidation sites excluding steroid dienone is 1. The van der Waals surface area contributed by atoms with Gasteiger partial charge in [-0.25, -0.2) is 4.79 Å². The molecule has 1 aromatic carbocycles. The zero-order chi connectivity index (χ0) is 15.9. The normalized spacial score (nSPS) is 15.7. The fraction of sp³-hybridized carbons (Fsp3) is 0.333. The number of rotatable bonds is 3. The van der Waals surface area contributed by atoms with Crippen LogP contribution in [0, 0.1) is 5.41 Å². The monoisotopic (exact) mass is 296 g/mol. The van der Waals surface area contributed by atoms with E-state index in [1.807, 2.05) is 41.9 Å². The van der Waals surface area contributed by atoms with Crippen LogP contribution in [0.3, 0.4) is 0 Å². The molecule has 0 saturated heterocycles. The fourth-order valence-corrected chi connectivity index (χ4v) is 2.87. The molecule has 1 aliphatic rings. The molecule has 0 unspecified atom stereocenters. The molecule has 0 amide bonds. The lowest BCUT2D eigenvalue weighted by molar-refractivity contribution is 0.0527. The van der Waals surface area contributed by atoms with Crippen molar-refractivity contribution in [1.82, 2.24) is 9.78 Å². The Morgan fingerprint density at radius 1 is 1.36 bits per heavy atom. The number of hydrogen-bond donors (Lipinski definition) is 0. The molecule has 4 heteroatoms. The van der Waals surface area contributed by atoms with Crippen molar-refractivity contribution in [1.29, 1.82) is 0 Å². The lowest BCUT2D eigenvalue weighted by Crippen LogP contribution is -2.13. The van der Waals surface area contributed by atoms with Crippen molar-refractivity contribution >= 4 is 11.5 Å². The van der Waals surface area contributed by atoms with Crippen LogP contribution in [0.25, 0.3) is 16.8 Å². The summed E-state index contributed by atoms with van der Waals surface area (Å²) in [6, 6.07) is 9.73. The van der Waals surface area contributed by atoms with E-state index < -0.39 is 0 Å². The number of benzene rings is 1. The van der Waals surface area contributed by atoms with E-state index in [-0.39, 0.29) is 11.4 Å². The first-order valence-electron chi connectivity index (χ1n) is 7.49. The van der Waals surface area contributed by atoms with Gasteiger partial charge in [0.25, 0.3) is 0 Å². The van der Waals surface area contributed by atoms with Gasteiger partial charge in [-0.3, -0.25) is 4.68 Å². The second kappa shape index (κ2) is 5.13. The number of ether oxygens (including phenoxy) is 1. The van der Waals surface area contributed by atoms with Crippen LogP contribution in [0.5, 0.6) is 0 Å². The van der Waals surface area contributed by atoms with Gasteiger partial charge in [0.2, 0.25) is 0 Å². The lowest BCUT2D eigenvalue weighted by atomic mass is 9.85. The maximum Gasteiger partial charge on any atom is 0.342 e. The van der Waals surface area contributed by atoms with E-state index in [1.165, 1.54) is 0 Å². The Labute approximate surface area is 130 Å². The zero-order valence-electron chi connectivity index (χ0n) is 13.2. The maximum atomic E-state index is 12.5. The summed E-state index contributed by atoms with van der Waals surface area (Å²) >= 11 is 0. The second-order valence-electron chi connectivity index (χ2n) is 6.18. The number of nitrogens with zero attached hydrogens (tertiary/aromatic N) is 2. The summed E-state index contributed by atoms with van der Waals surface area (Å²) in [5.41, 5.74) is 3.76. The quantitative estimate of drug-likeness (QED) is 0.810. The highest BCUT2D eigenvalue weighted by atomic mass is 16.5. The van der Waals surface area contributed by atoms with Crippen molar-refractivity contribution in [3.8, 4) is 11.3 Å². The Kier molecular flexibility index (Phi) is 3.39. The third-order valence-electron chi connectivity index (χ3n) is 4.13. The van der Waals surface area contributed by atoms with E-state index in [1.54, 1.807) is 0 Å². The molecule has 22 heavy (non-hydrogen) atoms. The third-order valence-corrected chi connectivity index (χ3v) is 4.13. The van der Waals surface area contributed by atoms with Gasteiger partial charge in [-0.15, -0.1) is 0 Å². The van der Waals surface area contributed by atoms with Crippen molar-refractivity contribution in [2.45, 2.75) is 27.3 Å². The average Bonchev–Trinajstić information content (AvgIpc) is 2.95. The van der Waals surface area contributed by atoms with Crippen molar-refractivity contribution in [2.75, 3.05) is 6.61 Å². The van der Waals surface area contributed by atoms with Crippen LogP contribution in [0.2, 0.25) is 0 Å². The second-order valence-corrected chi connectivity index (χ2v) is 6.18. The van der Waals surface area contributed by atoms with Crippen molar-refractivity contribution in [3.63, 3.8) is 0 Å². The van der Waals surface area contributed by atoms with Crippen LogP contribution in [-0.4, -0.2) is 22.4 Å². The Morgan fingerprint density at radius 2 is 2.05 bits per heavy atom. The van der Waals surface area contributed by atoms with Crippen LogP contribution >= 0.6 is 0 Å². The van der Waals surface area contributed by atoms with Crippen LogP contribution < -0.4 is 0 Å². The predicted octanol–water partition coefficient (Wildman–Crippen LogP) is 3.78. The molecule has 114 valence electrons. The van der Waals surface area contributed by atoms with Gasteiger partial charge < -0.3 is 4.74 Å². The van der Waals surface area contributed by atoms with Crippen LogP contribution in [0.4, 0.5) is 0 Å². The summed E-state index contributed by atoms with van der Waals surface area (Å²) in [5.74, 6) is -0.332. The van der Waals surface area contributed by atoms with Crippen molar-refractivity contribution in [3.05, 3.63) is 48.2 Å². The smallest absolute Gasteiger partial charge is 0.342 e. The summed E-state index contributed by atoms with van der Waals surface area (Å²) < 4.78 is 7.14. The molecule has 1 aliphatic heterocycles. The summed E-state index contributed by atoms with van der Waals surface area (Å²) in [5, 5.41) is 4.67. The molecule has 0 radical (unpaired) electrons. The molecular weight excluding hydrogens is 276 g/mol. The van der Waals surface area contributed by atoms with E-state index >= 15 is 0 Å². The summed E-state index contributed by atoms with van der Waals surface area (Å²) in [4.78, 5) is 12.5. The zero-order valence-corrected chi connectivity index (χ0v) is 13.2. The lowest BCUT2D eigenvalue weighted by Gasteiger charge is -2.18. The van der Waals surface area contributed by atoms with E-state index in [9.17, 15) is 4.79 Å². The molecule has 0 bridgehead atoms. The molecule has 1 aromatic heterocycles. The molecule has 0 saturated carbocycles. The number of fused-ring (bicyclic) bond motifs is 1. The third kappa shape index (κ3) is 2.15. The largest absolute Gasteiger partial charge is 0.462 e. The summed E-state index contributed by atoms with van der Waals surface area (Å²) in [6.45, 7) is 11.3. The first-order chi connectivity index (χ1) is 10.5. The first-order valence-corrected chi connectivity index (χ1v) is 7.49. The number of carbonyl (C=O) groups excluding carboxylic acids is 1. The van der Waals surface area contributed by atoms with Gasteiger partial charge in [0, 0.05) is 11.0 Å². The highest BCUT2D eigenvalue weighted by molar-refractivity contribution is 6.01. The standard InChI is InChI=1S/C18H20N2O2/c1-5-22-17(21)14-15(13-9-7-6-8-10-13)19-20-11-18(3,4)12(2)16(14)20/h6-10H,2,5,11H2,1,3-4H3. The molecule has 0 spiro atoms. The number of hydrogen-bond acceptors (Lipinski definition) is 3. The highest BCUT2D eigenvalue weighted by Crippen LogP contribution is 2.45. The number of carbonyl (C=O) groups is 1.